The molecule has 0 saturated heterocycles. The number of rotatable bonds is 6. The second-order valence-electron chi connectivity index (χ2n) is 8.02. The van der Waals surface area contributed by atoms with E-state index in [1.54, 1.807) is 24.3 Å². The predicted molar refractivity (Wildman–Crippen MR) is 130 cm³/mol. The Morgan fingerprint density at radius 1 is 0.812 bits per heavy atom. The van der Waals surface area contributed by atoms with Gasteiger partial charge in [-0.25, -0.2) is 4.90 Å². The molecule has 32 heavy (non-hydrogen) atoms. The van der Waals surface area contributed by atoms with Crippen molar-refractivity contribution in [2.75, 3.05) is 4.90 Å². The Labute approximate surface area is 192 Å². The average molecular weight is 444 g/mol. The summed E-state index contributed by atoms with van der Waals surface area (Å²) in [6.07, 6.45) is 0.0443. The van der Waals surface area contributed by atoms with Crippen LogP contribution in [0.25, 0.3) is 5.57 Å². The Morgan fingerprint density at radius 2 is 1.50 bits per heavy atom. The first-order valence-electron chi connectivity index (χ1n) is 10.6. The van der Waals surface area contributed by atoms with Crippen LogP contribution in [0.1, 0.15) is 30.5 Å². The Morgan fingerprint density at radius 3 is 2.12 bits per heavy atom. The van der Waals surface area contributed by atoms with Crippen LogP contribution in [0.4, 0.5) is 5.69 Å². The van der Waals surface area contributed by atoms with Crippen molar-refractivity contribution >= 4 is 34.8 Å². The van der Waals surface area contributed by atoms with Crippen molar-refractivity contribution < 1.29 is 14.3 Å². The van der Waals surface area contributed by atoms with Crippen molar-refractivity contribution in [3.8, 4) is 5.75 Å². The summed E-state index contributed by atoms with van der Waals surface area (Å²) in [5.74, 6) is 0.0768. The van der Waals surface area contributed by atoms with Crippen LogP contribution in [0, 0.1) is 13.8 Å². The van der Waals surface area contributed by atoms with Crippen molar-refractivity contribution in [2.24, 2.45) is 0 Å². The summed E-state index contributed by atoms with van der Waals surface area (Å²) < 4.78 is 5.70. The molecule has 0 spiro atoms. The highest BCUT2D eigenvalue weighted by molar-refractivity contribution is 8.04. The van der Waals surface area contributed by atoms with Crippen LogP contribution >= 0.6 is 11.8 Å². The van der Waals surface area contributed by atoms with Gasteiger partial charge < -0.3 is 4.74 Å². The van der Waals surface area contributed by atoms with Gasteiger partial charge in [-0.2, -0.15) is 0 Å². The third-order valence-corrected chi connectivity index (χ3v) is 6.36. The number of hydrogen-bond acceptors (Lipinski definition) is 4. The lowest BCUT2D eigenvalue weighted by molar-refractivity contribution is -0.119. The van der Waals surface area contributed by atoms with Gasteiger partial charge in [0.05, 0.1) is 22.3 Å². The molecule has 5 heteroatoms. The molecule has 0 atom stereocenters. The van der Waals surface area contributed by atoms with Crippen molar-refractivity contribution in [1.29, 1.82) is 0 Å². The minimum absolute atomic E-state index is 0.0443. The molecule has 0 unspecified atom stereocenters. The van der Waals surface area contributed by atoms with E-state index in [2.05, 4.69) is 0 Å². The van der Waals surface area contributed by atoms with Gasteiger partial charge in [-0.15, -0.1) is 0 Å². The molecule has 1 heterocycles. The predicted octanol–water partition coefficient (Wildman–Crippen LogP) is 6.17. The summed E-state index contributed by atoms with van der Waals surface area (Å²) in [6, 6.07) is 22.6. The lowest BCUT2D eigenvalue weighted by atomic mass is 10.0. The molecule has 0 saturated carbocycles. The van der Waals surface area contributed by atoms with Crippen molar-refractivity contribution in [3.05, 3.63) is 94.4 Å². The van der Waals surface area contributed by atoms with Crippen LogP contribution in [-0.2, 0) is 9.59 Å². The van der Waals surface area contributed by atoms with E-state index in [0.717, 1.165) is 21.6 Å². The Bertz CT molecular complexity index is 1200. The zero-order valence-electron chi connectivity index (χ0n) is 18.6. The summed E-state index contributed by atoms with van der Waals surface area (Å²) in [5, 5.41) is 0. The van der Waals surface area contributed by atoms with E-state index in [1.807, 2.05) is 76.2 Å². The molecule has 3 aromatic rings. The number of thioether (sulfide) groups is 1. The van der Waals surface area contributed by atoms with Crippen LogP contribution in [0.5, 0.6) is 5.75 Å². The van der Waals surface area contributed by atoms with Crippen LogP contribution in [0.3, 0.4) is 0 Å². The molecule has 0 aromatic heterocycles. The first kappa shape index (κ1) is 21.9. The molecule has 2 amide bonds. The van der Waals surface area contributed by atoms with Gasteiger partial charge in [0.1, 0.15) is 5.75 Å². The van der Waals surface area contributed by atoms with Crippen LogP contribution in [0.2, 0.25) is 0 Å². The van der Waals surface area contributed by atoms with E-state index >= 15 is 0 Å². The molecule has 1 aliphatic heterocycles. The summed E-state index contributed by atoms with van der Waals surface area (Å²) >= 11 is 1.33. The lowest BCUT2D eigenvalue weighted by Gasteiger charge is -2.16. The molecular formula is C27H25NO3S. The minimum atomic E-state index is -0.311. The Kier molecular flexibility index (Phi) is 6.19. The zero-order valence-corrected chi connectivity index (χ0v) is 19.4. The standard InChI is InChI=1S/C27H25NO3S/c1-17(2)31-22-14-12-21(13-15-22)28-26(29)24(20-11-10-18(3)19(4)16-20)25(27(28)30)32-23-8-6-5-7-9-23/h5-17H,1-4H3. The SMILES string of the molecule is Cc1ccc(C2=C(Sc3ccccc3)C(=O)N(c3ccc(OC(C)C)cc3)C2=O)cc1C. The highest BCUT2D eigenvalue weighted by atomic mass is 32.2. The fourth-order valence-electron chi connectivity index (χ4n) is 3.54. The molecule has 0 radical (unpaired) electrons. The summed E-state index contributed by atoms with van der Waals surface area (Å²) in [7, 11) is 0. The minimum Gasteiger partial charge on any atom is -0.491 e. The van der Waals surface area contributed by atoms with Gasteiger partial charge >= 0.3 is 0 Å². The number of carbonyl (C=O) groups excluding carboxylic acids is 2. The molecule has 0 aliphatic carbocycles. The molecular weight excluding hydrogens is 418 g/mol. The van der Waals surface area contributed by atoms with Gasteiger partial charge in [0.25, 0.3) is 11.8 Å². The van der Waals surface area contributed by atoms with Crippen LogP contribution in [-0.4, -0.2) is 17.9 Å². The molecule has 0 fully saturated rings. The Hall–Kier alpha value is -3.31. The quantitative estimate of drug-likeness (QED) is 0.428. The number of amides is 2. The van der Waals surface area contributed by atoms with E-state index in [1.165, 1.54) is 16.7 Å². The van der Waals surface area contributed by atoms with Gasteiger partial charge in [-0.1, -0.05) is 48.2 Å². The highest BCUT2D eigenvalue weighted by Crippen LogP contribution is 2.41. The van der Waals surface area contributed by atoms with Gasteiger partial charge in [-0.3, -0.25) is 9.59 Å². The molecule has 3 aromatic carbocycles. The van der Waals surface area contributed by atoms with Gasteiger partial charge in [0, 0.05) is 4.90 Å². The van der Waals surface area contributed by atoms with Crippen molar-refractivity contribution in [1.82, 2.24) is 0 Å². The number of nitrogens with zero attached hydrogens (tertiary/aromatic N) is 1. The molecule has 1 aliphatic rings. The van der Waals surface area contributed by atoms with Crippen molar-refractivity contribution in [3.63, 3.8) is 0 Å². The summed E-state index contributed by atoms with van der Waals surface area (Å²) in [4.78, 5) is 29.7. The van der Waals surface area contributed by atoms with Gasteiger partial charge in [-0.05, 0) is 80.8 Å². The third-order valence-electron chi connectivity index (χ3n) is 5.27. The largest absolute Gasteiger partial charge is 0.491 e. The second kappa shape index (κ2) is 9.05. The maximum Gasteiger partial charge on any atom is 0.272 e. The number of imide groups is 1. The first-order chi connectivity index (χ1) is 15.3. The van der Waals surface area contributed by atoms with Gasteiger partial charge in [0.15, 0.2) is 0 Å². The van der Waals surface area contributed by atoms with E-state index in [0.29, 0.717) is 21.9 Å². The third kappa shape index (κ3) is 4.34. The number of carbonyl (C=O) groups is 2. The van der Waals surface area contributed by atoms with Crippen LogP contribution < -0.4 is 9.64 Å². The van der Waals surface area contributed by atoms with Crippen LogP contribution in [0.15, 0.2) is 82.6 Å². The maximum absolute atomic E-state index is 13.6. The number of aryl methyl sites for hydroxylation is 2. The summed E-state index contributed by atoms with van der Waals surface area (Å²) in [6.45, 7) is 7.94. The first-order valence-corrected chi connectivity index (χ1v) is 11.4. The summed E-state index contributed by atoms with van der Waals surface area (Å²) in [5.41, 5.74) is 3.94. The smallest absolute Gasteiger partial charge is 0.272 e. The van der Waals surface area contributed by atoms with E-state index in [-0.39, 0.29) is 17.9 Å². The van der Waals surface area contributed by atoms with Crippen molar-refractivity contribution in [2.45, 2.75) is 38.7 Å². The van der Waals surface area contributed by atoms with E-state index < -0.39 is 0 Å². The van der Waals surface area contributed by atoms with E-state index in [4.69, 9.17) is 4.74 Å². The monoisotopic (exact) mass is 443 g/mol. The average Bonchev–Trinajstić information content (AvgIpc) is 3.01. The molecule has 4 nitrogen and oxygen atoms in total. The van der Waals surface area contributed by atoms with Gasteiger partial charge in [0.2, 0.25) is 0 Å². The molecule has 162 valence electrons. The molecule has 0 bridgehead atoms. The zero-order chi connectivity index (χ0) is 22.8. The van der Waals surface area contributed by atoms with E-state index in [9.17, 15) is 9.59 Å². The molecule has 4 rings (SSSR count). The highest BCUT2D eigenvalue weighted by Gasteiger charge is 2.40. The number of hydrogen-bond donors (Lipinski definition) is 0. The normalized spacial score (nSPS) is 14.0. The topological polar surface area (TPSA) is 46.6 Å². The Balaban J connectivity index is 1.76. The maximum atomic E-state index is 13.6. The second-order valence-corrected chi connectivity index (χ2v) is 9.11. The number of ether oxygens (including phenoxy) is 1. The fourth-order valence-corrected chi connectivity index (χ4v) is 4.56. The lowest BCUT2D eigenvalue weighted by Crippen LogP contribution is -2.31. The molecule has 0 N–H and O–H groups in total. The fraction of sp³-hybridized carbons (Fsp3) is 0.185. The number of anilines is 1. The number of benzene rings is 3.